The average Bonchev–Trinajstić information content (AvgIpc) is 2.91. The van der Waals surface area contributed by atoms with Crippen molar-refractivity contribution in [1.82, 2.24) is 19.7 Å². The summed E-state index contributed by atoms with van der Waals surface area (Å²) in [6, 6.07) is 4.00. The smallest absolute Gasteiger partial charge is 0.188 e. The second kappa shape index (κ2) is 7.77. The van der Waals surface area contributed by atoms with Crippen LogP contribution in [0.5, 0.6) is 0 Å². The molecule has 0 aliphatic carbocycles. The van der Waals surface area contributed by atoms with E-state index in [1.54, 1.807) is 0 Å². The number of hydrogen-bond acceptors (Lipinski definition) is 4. The average molecular weight is 451 g/mol. The lowest BCUT2D eigenvalue weighted by atomic mass is 9.97. The SMILES string of the molecule is CC(CN1CCn2nc(-c3ccncc3)c(Br)c2C1)CC(C)(C)[Si](C)(C)O. The second-order valence-corrected chi connectivity index (χ2v) is 14.3. The molecule has 0 aromatic carbocycles. The lowest BCUT2D eigenvalue weighted by Gasteiger charge is -2.38. The van der Waals surface area contributed by atoms with Crippen molar-refractivity contribution in [2.45, 2.75) is 58.4 Å². The van der Waals surface area contributed by atoms with Crippen LogP contribution in [0.1, 0.15) is 32.9 Å². The number of rotatable bonds is 6. The zero-order valence-corrected chi connectivity index (χ0v) is 19.6. The number of hydrogen-bond donors (Lipinski definition) is 1. The minimum atomic E-state index is -2.16. The molecule has 0 saturated heterocycles. The fourth-order valence-corrected chi connectivity index (χ4v) is 5.30. The first-order valence-electron chi connectivity index (χ1n) is 9.69. The van der Waals surface area contributed by atoms with Gasteiger partial charge < -0.3 is 4.80 Å². The van der Waals surface area contributed by atoms with Crippen LogP contribution >= 0.6 is 15.9 Å². The number of pyridine rings is 1. The Morgan fingerprint density at radius 2 is 1.93 bits per heavy atom. The van der Waals surface area contributed by atoms with Crippen molar-refractivity contribution in [2.24, 2.45) is 5.92 Å². The van der Waals surface area contributed by atoms with Crippen LogP contribution in [0.4, 0.5) is 0 Å². The molecule has 3 rings (SSSR count). The maximum absolute atomic E-state index is 10.6. The summed E-state index contributed by atoms with van der Waals surface area (Å²) in [5.41, 5.74) is 3.34. The Balaban J connectivity index is 1.69. The molecule has 2 aromatic heterocycles. The molecule has 0 bridgehead atoms. The topological polar surface area (TPSA) is 54.2 Å². The lowest BCUT2D eigenvalue weighted by molar-refractivity contribution is 0.177. The molecule has 0 saturated carbocycles. The molecule has 0 radical (unpaired) electrons. The monoisotopic (exact) mass is 450 g/mol. The molecule has 7 heteroatoms. The van der Waals surface area contributed by atoms with Gasteiger partial charge in [0.2, 0.25) is 0 Å². The number of fused-ring (bicyclic) bond motifs is 1. The third-order valence-corrected chi connectivity index (χ3v) is 10.4. The molecule has 0 fully saturated rings. The van der Waals surface area contributed by atoms with Gasteiger partial charge in [-0.25, -0.2) is 0 Å². The summed E-state index contributed by atoms with van der Waals surface area (Å²) >= 11 is 3.78. The quantitative estimate of drug-likeness (QED) is 0.656. The molecule has 2 aromatic rings. The predicted octanol–water partition coefficient (Wildman–Crippen LogP) is 4.53. The van der Waals surface area contributed by atoms with Gasteiger partial charge in [0.25, 0.3) is 0 Å². The van der Waals surface area contributed by atoms with Crippen molar-refractivity contribution in [3.05, 3.63) is 34.7 Å². The molecule has 1 unspecified atom stereocenters. The summed E-state index contributed by atoms with van der Waals surface area (Å²) < 4.78 is 3.23. The molecule has 1 aliphatic heterocycles. The molecule has 5 nitrogen and oxygen atoms in total. The van der Waals surface area contributed by atoms with Crippen molar-refractivity contribution in [1.29, 1.82) is 0 Å². The molecule has 1 aliphatic rings. The van der Waals surface area contributed by atoms with E-state index in [0.717, 1.165) is 48.3 Å². The Hall–Kier alpha value is -1.02. The zero-order chi connectivity index (χ0) is 19.8. The van der Waals surface area contributed by atoms with E-state index >= 15 is 0 Å². The van der Waals surface area contributed by atoms with E-state index in [4.69, 9.17) is 5.10 Å². The van der Waals surface area contributed by atoms with E-state index in [0.29, 0.717) is 5.92 Å². The normalized spacial score (nSPS) is 17.0. The summed E-state index contributed by atoms with van der Waals surface area (Å²) in [6.45, 7) is 14.7. The summed E-state index contributed by atoms with van der Waals surface area (Å²) in [5, 5.41) is 4.84. The predicted molar refractivity (Wildman–Crippen MR) is 116 cm³/mol. The standard InChI is InChI=1S/C20H31BrN4OSi/c1-15(12-20(2,3)27(4,5)26)13-24-10-11-25-17(14-24)18(21)19(23-25)16-6-8-22-9-7-16/h6-9,15,26H,10-14H2,1-5H3. The molecule has 0 spiro atoms. The van der Waals surface area contributed by atoms with E-state index in [2.05, 4.69) is 64.4 Å². The summed E-state index contributed by atoms with van der Waals surface area (Å²) in [5.74, 6) is 0.548. The van der Waals surface area contributed by atoms with E-state index in [1.165, 1.54) is 5.69 Å². The third-order valence-electron chi connectivity index (χ3n) is 6.03. The Bertz CT molecular complexity index is 785. The van der Waals surface area contributed by atoms with Crippen LogP contribution < -0.4 is 0 Å². The highest BCUT2D eigenvalue weighted by atomic mass is 79.9. The van der Waals surface area contributed by atoms with Gasteiger partial charge in [-0.05, 0) is 58.5 Å². The molecule has 3 heterocycles. The van der Waals surface area contributed by atoms with Crippen LogP contribution in [-0.2, 0) is 13.1 Å². The highest BCUT2D eigenvalue weighted by Crippen LogP contribution is 2.41. The largest absolute Gasteiger partial charge is 0.432 e. The van der Waals surface area contributed by atoms with Crippen molar-refractivity contribution < 1.29 is 4.80 Å². The molecule has 148 valence electrons. The van der Waals surface area contributed by atoms with Gasteiger partial charge in [-0.15, -0.1) is 0 Å². The molecular weight excluding hydrogens is 420 g/mol. The van der Waals surface area contributed by atoms with Gasteiger partial charge in [-0.3, -0.25) is 14.6 Å². The van der Waals surface area contributed by atoms with Crippen LogP contribution in [0, 0.1) is 5.92 Å². The maximum Gasteiger partial charge on any atom is 0.188 e. The van der Waals surface area contributed by atoms with E-state index in [1.807, 2.05) is 24.5 Å². The Kier molecular flexibility index (Phi) is 5.96. The van der Waals surface area contributed by atoms with E-state index in [9.17, 15) is 4.80 Å². The van der Waals surface area contributed by atoms with Gasteiger partial charge in [0.05, 0.1) is 16.7 Å². The van der Waals surface area contributed by atoms with Gasteiger partial charge in [0.15, 0.2) is 8.32 Å². The highest BCUT2D eigenvalue weighted by Gasteiger charge is 2.39. The van der Waals surface area contributed by atoms with Crippen molar-refractivity contribution in [2.75, 3.05) is 13.1 Å². The van der Waals surface area contributed by atoms with Gasteiger partial charge in [-0.1, -0.05) is 20.8 Å². The van der Waals surface area contributed by atoms with Gasteiger partial charge >= 0.3 is 0 Å². The van der Waals surface area contributed by atoms with Crippen molar-refractivity contribution in [3.8, 4) is 11.3 Å². The van der Waals surface area contributed by atoms with E-state index in [-0.39, 0.29) is 5.04 Å². The molecule has 27 heavy (non-hydrogen) atoms. The molecular formula is C20H31BrN4OSi. The Labute approximate surface area is 172 Å². The molecule has 0 amide bonds. The van der Waals surface area contributed by atoms with Crippen LogP contribution in [0.3, 0.4) is 0 Å². The fourth-order valence-electron chi connectivity index (χ4n) is 3.81. The van der Waals surface area contributed by atoms with Crippen molar-refractivity contribution in [3.63, 3.8) is 0 Å². The summed E-state index contributed by atoms with van der Waals surface area (Å²) in [6.07, 6.45) is 4.67. The fraction of sp³-hybridized carbons (Fsp3) is 0.600. The van der Waals surface area contributed by atoms with Gasteiger partial charge in [0, 0.05) is 37.6 Å². The first-order valence-corrected chi connectivity index (χ1v) is 13.4. The number of nitrogens with zero attached hydrogens (tertiary/aromatic N) is 4. The van der Waals surface area contributed by atoms with Gasteiger partial charge in [-0.2, -0.15) is 5.10 Å². The first-order chi connectivity index (χ1) is 12.6. The third kappa shape index (κ3) is 4.53. The lowest BCUT2D eigenvalue weighted by Crippen LogP contribution is -2.42. The van der Waals surface area contributed by atoms with E-state index < -0.39 is 8.32 Å². The number of halogens is 1. The van der Waals surface area contributed by atoms with Crippen LogP contribution in [0.25, 0.3) is 11.3 Å². The minimum absolute atomic E-state index is 0.0269. The van der Waals surface area contributed by atoms with Crippen LogP contribution in [0.2, 0.25) is 18.1 Å². The minimum Gasteiger partial charge on any atom is -0.432 e. The number of aromatic nitrogens is 3. The second-order valence-electron chi connectivity index (χ2n) is 9.06. The maximum atomic E-state index is 10.6. The molecule has 1 N–H and O–H groups in total. The summed E-state index contributed by atoms with van der Waals surface area (Å²) in [4.78, 5) is 17.2. The van der Waals surface area contributed by atoms with Crippen molar-refractivity contribution >= 4 is 24.2 Å². The Morgan fingerprint density at radius 1 is 1.26 bits per heavy atom. The summed E-state index contributed by atoms with van der Waals surface area (Å²) in [7, 11) is -2.16. The zero-order valence-electron chi connectivity index (χ0n) is 17.0. The van der Waals surface area contributed by atoms with Crippen LogP contribution in [0.15, 0.2) is 29.0 Å². The highest BCUT2D eigenvalue weighted by molar-refractivity contribution is 9.10. The Morgan fingerprint density at radius 3 is 2.56 bits per heavy atom. The van der Waals surface area contributed by atoms with Crippen LogP contribution in [-0.4, -0.2) is 45.9 Å². The first kappa shape index (κ1) is 20.7. The van der Waals surface area contributed by atoms with Gasteiger partial charge in [0.1, 0.15) is 5.69 Å². The molecule has 1 atom stereocenters.